The van der Waals surface area contributed by atoms with Crippen LogP contribution in [0, 0.1) is 11.8 Å². The Morgan fingerprint density at radius 1 is 1.09 bits per heavy atom. The number of amides is 2. The van der Waals surface area contributed by atoms with Gasteiger partial charge < -0.3 is 14.7 Å². The topological polar surface area (TPSA) is 114 Å². The number of nitrogens with zero attached hydrogens (tertiary/aromatic N) is 3. The van der Waals surface area contributed by atoms with E-state index in [0.29, 0.717) is 18.8 Å². The summed E-state index contributed by atoms with van der Waals surface area (Å²) in [6.07, 6.45) is -0.650. The smallest absolute Gasteiger partial charge is 0.412 e. The summed E-state index contributed by atoms with van der Waals surface area (Å²) in [7, 11) is 1.62. The fourth-order valence-corrected chi connectivity index (χ4v) is 4.83. The Bertz CT molecular complexity index is 1270. The highest BCUT2D eigenvalue weighted by Crippen LogP contribution is 2.44. The normalized spacial score (nSPS) is 15.7. The largest absolute Gasteiger partial charge is 0.481 e. The molecule has 2 heterocycles. The summed E-state index contributed by atoms with van der Waals surface area (Å²) in [5.74, 6) is -1.53. The standard InChI is InChI=1S/C26H26N4O5/c1-15(25(32)33)16-12-30(13-16)24(31)22-11-23(28-29(22)2)27-26(34)35-14-21-19-9-5-3-7-17(19)18-8-4-6-10-20(18)21/h3-11,15-16,21H,12-14H2,1-2H3,(H,32,33)(H,27,28,34). The molecule has 1 unspecified atom stereocenters. The maximum absolute atomic E-state index is 12.8. The van der Waals surface area contributed by atoms with E-state index in [4.69, 9.17) is 9.84 Å². The summed E-state index contributed by atoms with van der Waals surface area (Å²) in [5, 5.41) is 15.9. The van der Waals surface area contributed by atoms with Crippen molar-refractivity contribution in [1.82, 2.24) is 14.7 Å². The molecular formula is C26H26N4O5. The molecule has 9 heteroatoms. The molecular weight excluding hydrogens is 448 g/mol. The number of fused-ring (bicyclic) bond motifs is 3. The lowest BCUT2D eigenvalue weighted by molar-refractivity contribution is -0.144. The monoisotopic (exact) mass is 474 g/mol. The number of carbonyl (C=O) groups excluding carboxylic acids is 2. The van der Waals surface area contributed by atoms with Crippen molar-refractivity contribution in [2.45, 2.75) is 12.8 Å². The number of carboxylic acid groups (broad SMARTS) is 1. The summed E-state index contributed by atoms with van der Waals surface area (Å²) in [4.78, 5) is 38.0. The summed E-state index contributed by atoms with van der Waals surface area (Å²) in [6.45, 7) is 2.59. The van der Waals surface area contributed by atoms with E-state index in [9.17, 15) is 14.4 Å². The number of benzene rings is 2. The van der Waals surface area contributed by atoms with Gasteiger partial charge in [-0.1, -0.05) is 55.5 Å². The van der Waals surface area contributed by atoms with Crippen LogP contribution >= 0.6 is 0 Å². The molecule has 0 bridgehead atoms. The molecule has 180 valence electrons. The van der Waals surface area contributed by atoms with E-state index in [0.717, 1.165) is 22.3 Å². The Hall–Kier alpha value is -4.14. The lowest BCUT2D eigenvalue weighted by Crippen LogP contribution is -2.53. The number of carboxylic acids is 1. The van der Waals surface area contributed by atoms with Crippen molar-refractivity contribution in [3.05, 3.63) is 71.4 Å². The van der Waals surface area contributed by atoms with Crippen LogP contribution in [-0.2, 0) is 16.6 Å². The van der Waals surface area contributed by atoms with Crippen LogP contribution in [0.2, 0.25) is 0 Å². The van der Waals surface area contributed by atoms with Crippen LogP contribution in [-0.4, -0.2) is 57.5 Å². The van der Waals surface area contributed by atoms with Gasteiger partial charge in [0.25, 0.3) is 5.91 Å². The van der Waals surface area contributed by atoms with E-state index in [-0.39, 0.29) is 30.2 Å². The molecule has 1 saturated heterocycles. The molecule has 3 aromatic rings. The third-order valence-electron chi connectivity index (χ3n) is 6.97. The molecule has 1 aliphatic heterocycles. The average molecular weight is 475 g/mol. The number of anilines is 1. The second-order valence-corrected chi connectivity index (χ2v) is 9.09. The fourth-order valence-electron chi connectivity index (χ4n) is 4.83. The number of aromatic nitrogens is 2. The van der Waals surface area contributed by atoms with E-state index in [1.165, 1.54) is 10.7 Å². The number of rotatable bonds is 6. The fraction of sp³-hybridized carbons (Fsp3) is 0.308. The van der Waals surface area contributed by atoms with Gasteiger partial charge >= 0.3 is 12.1 Å². The number of nitrogens with one attached hydrogen (secondary N) is 1. The number of likely N-dealkylation sites (tertiary alicyclic amines) is 1. The predicted molar refractivity (Wildman–Crippen MR) is 128 cm³/mol. The molecule has 0 spiro atoms. The average Bonchev–Trinajstić information content (AvgIpc) is 3.33. The molecule has 2 N–H and O–H groups in total. The minimum atomic E-state index is -0.864. The number of aliphatic carboxylic acids is 1. The van der Waals surface area contributed by atoms with Gasteiger partial charge in [0.2, 0.25) is 0 Å². The number of aryl methyl sites for hydroxylation is 1. The van der Waals surface area contributed by atoms with Crippen molar-refractivity contribution in [3.63, 3.8) is 0 Å². The van der Waals surface area contributed by atoms with Crippen LogP contribution in [0.15, 0.2) is 54.6 Å². The zero-order valence-corrected chi connectivity index (χ0v) is 19.5. The van der Waals surface area contributed by atoms with Gasteiger partial charge in [-0.2, -0.15) is 5.10 Å². The van der Waals surface area contributed by atoms with Crippen LogP contribution in [0.4, 0.5) is 10.6 Å². The van der Waals surface area contributed by atoms with E-state index in [1.54, 1.807) is 18.9 Å². The number of hydrogen-bond donors (Lipinski definition) is 2. The van der Waals surface area contributed by atoms with Gasteiger partial charge in [0.1, 0.15) is 12.3 Å². The molecule has 35 heavy (non-hydrogen) atoms. The number of carbonyl (C=O) groups is 3. The van der Waals surface area contributed by atoms with Gasteiger partial charge in [-0.05, 0) is 22.3 Å². The zero-order valence-electron chi connectivity index (χ0n) is 19.5. The van der Waals surface area contributed by atoms with Crippen LogP contribution in [0.5, 0.6) is 0 Å². The molecule has 5 rings (SSSR count). The quantitative estimate of drug-likeness (QED) is 0.565. The first-order chi connectivity index (χ1) is 16.8. The molecule has 2 aliphatic rings. The van der Waals surface area contributed by atoms with Gasteiger partial charge in [0, 0.05) is 38.0 Å². The van der Waals surface area contributed by atoms with Crippen molar-refractivity contribution < 1.29 is 24.2 Å². The van der Waals surface area contributed by atoms with E-state index < -0.39 is 18.0 Å². The van der Waals surface area contributed by atoms with Crippen LogP contribution < -0.4 is 5.32 Å². The van der Waals surface area contributed by atoms with Crippen molar-refractivity contribution >= 4 is 23.8 Å². The molecule has 1 atom stereocenters. The Kier molecular flexibility index (Phi) is 5.76. The second kappa shape index (κ2) is 8.90. The minimum Gasteiger partial charge on any atom is -0.481 e. The summed E-state index contributed by atoms with van der Waals surface area (Å²) >= 11 is 0. The summed E-state index contributed by atoms with van der Waals surface area (Å²) < 4.78 is 6.94. The molecule has 1 aromatic heterocycles. The van der Waals surface area contributed by atoms with Gasteiger partial charge in [-0.15, -0.1) is 0 Å². The Balaban J connectivity index is 1.20. The minimum absolute atomic E-state index is 0.0541. The SMILES string of the molecule is CC(C(=O)O)C1CN(C(=O)c2cc(NC(=O)OCC3c4ccccc4-c4ccccc43)nn2C)C1. The Morgan fingerprint density at radius 2 is 1.69 bits per heavy atom. The molecule has 1 fully saturated rings. The van der Waals surface area contributed by atoms with E-state index >= 15 is 0 Å². The molecule has 2 amide bonds. The third kappa shape index (κ3) is 4.14. The second-order valence-electron chi connectivity index (χ2n) is 9.09. The first-order valence-electron chi connectivity index (χ1n) is 11.5. The van der Waals surface area contributed by atoms with Gasteiger partial charge in [-0.3, -0.25) is 19.6 Å². The van der Waals surface area contributed by atoms with E-state index in [2.05, 4.69) is 34.7 Å². The van der Waals surface area contributed by atoms with Gasteiger partial charge in [-0.25, -0.2) is 4.79 Å². The lowest BCUT2D eigenvalue weighted by Gasteiger charge is -2.41. The maximum Gasteiger partial charge on any atom is 0.412 e. The highest BCUT2D eigenvalue weighted by molar-refractivity contribution is 5.95. The zero-order chi connectivity index (χ0) is 24.7. The lowest BCUT2D eigenvalue weighted by atomic mass is 9.87. The molecule has 0 saturated carbocycles. The van der Waals surface area contributed by atoms with Crippen molar-refractivity contribution in [3.8, 4) is 11.1 Å². The first-order valence-corrected chi connectivity index (χ1v) is 11.5. The molecule has 9 nitrogen and oxygen atoms in total. The summed E-state index contributed by atoms with van der Waals surface area (Å²) in [5.41, 5.74) is 4.85. The highest BCUT2D eigenvalue weighted by Gasteiger charge is 2.38. The van der Waals surface area contributed by atoms with Gasteiger partial charge in [0.15, 0.2) is 5.82 Å². The highest BCUT2D eigenvalue weighted by atomic mass is 16.5. The van der Waals surface area contributed by atoms with Crippen LogP contribution in [0.25, 0.3) is 11.1 Å². The van der Waals surface area contributed by atoms with Crippen molar-refractivity contribution in [1.29, 1.82) is 0 Å². The Labute approximate surface area is 202 Å². The van der Waals surface area contributed by atoms with Crippen molar-refractivity contribution in [2.24, 2.45) is 18.9 Å². The summed E-state index contributed by atoms with van der Waals surface area (Å²) in [6, 6.07) is 17.7. The van der Waals surface area contributed by atoms with Crippen LogP contribution in [0.1, 0.15) is 34.5 Å². The van der Waals surface area contributed by atoms with Gasteiger partial charge in [0.05, 0.1) is 5.92 Å². The first kappa shape index (κ1) is 22.6. The Morgan fingerprint density at radius 3 is 2.29 bits per heavy atom. The number of ether oxygens (including phenoxy) is 1. The predicted octanol–water partition coefficient (Wildman–Crippen LogP) is 3.57. The number of hydrogen-bond acceptors (Lipinski definition) is 5. The third-order valence-corrected chi connectivity index (χ3v) is 6.97. The van der Waals surface area contributed by atoms with Crippen molar-refractivity contribution in [2.75, 3.05) is 25.0 Å². The molecule has 1 aliphatic carbocycles. The van der Waals surface area contributed by atoms with Crippen LogP contribution in [0.3, 0.4) is 0 Å². The maximum atomic E-state index is 12.8. The molecule has 0 radical (unpaired) electrons. The molecule has 2 aromatic carbocycles. The van der Waals surface area contributed by atoms with E-state index in [1.807, 2.05) is 24.3 Å².